The standard InChI is InChI=1S/C10H6BrCl2N3OS/c11-9-4-7(1-2-14-9)16-18(17)8-3-6(12)5-15-10(8)13/h1-5H,(H,14,16). The van der Waals surface area contributed by atoms with Gasteiger partial charge in [-0.2, -0.15) is 0 Å². The van der Waals surface area contributed by atoms with E-state index in [1.54, 1.807) is 18.3 Å². The van der Waals surface area contributed by atoms with Gasteiger partial charge in [-0.3, -0.25) is 0 Å². The predicted molar refractivity (Wildman–Crippen MR) is 76.2 cm³/mol. The summed E-state index contributed by atoms with van der Waals surface area (Å²) in [5.41, 5.74) is 0.645. The zero-order chi connectivity index (χ0) is 13.1. The van der Waals surface area contributed by atoms with Gasteiger partial charge in [0.05, 0.1) is 15.6 Å². The summed E-state index contributed by atoms with van der Waals surface area (Å²) >= 11 is 14.9. The highest BCUT2D eigenvalue weighted by molar-refractivity contribution is 9.10. The van der Waals surface area contributed by atoms with Gasteiger partial charge in [0.2, 0.25) is 0 Å². The fourth-order valence-electron chi connectivity index (χ4n) is 1.16. The highest BCUT2D eigenvalue weighted by Crippen LogP contribution is 2.22. The molecule has 0 saturated carbocycles. The van der Waals surface area contributed by atoms with E-state index < -0.39 is 11.0 Å². The van der Waals surface area contributed by atoms with Crippen molar-refractivity contribution in [3.63, 3.8) is 0 Å². The van der Waals surface area contributed by atoms with Gasteiger partial charge in [0.1, 0.15) is 9.76 Å². The molecule has 0 spiro atoms. The van der Waals surface area contributed by atoms with Crippen LogP contribution in [0.25, 0.3) is 0 Å². The van der Waals surface area contributed by atoms with E-state index in [0.29, 0.717) is 20.2 Å². The zero-order valence-electron chi connectivity index (χ0n) is 8.73. The van der Waals surface area contributed by atoms with Gasteiger partial charge >= 0.3 is 0 Å². The van der Waals surface area contributed by atoms with Crippen LogP contribution in [0.1, 0.15) is 0 Å². The van der Waals surface area contributed by atoms with Gasteiger partial charge in [-0.25, -0.2) is 14.2 Å². The molecule has 4 nitrogen and oxygen atoms in total. The van der Waals surface area contributed by atoms with Crippen LogP contribution < -0.4 is 4.72 Å². The maximum absolute atomic E-state index is 12.1. The number of halogens is 3. The maximum atomic E-state index is 12.1. The molecule has 0 amide bonds. The Bertz CT molecular complexity index is 611. The van der Waals surface area contributed by atoms with Gasteiger partial charge in [0, 0.05) is 12.4 Å². The number of nitrogens with one attached hydrogen (secondary N) is 1. The predicted octanol–water partition coefficient (Wildman–Crippen LogP) is 3.68. The van der Waals surface area contributed by atoms with Gasteiger partial charge in [0.25, 0.3) is 0 Å². The molecular weight excluding hydrogens is 361 g/mol. The summed E-state index contributed by atoms with van der Waals surface area (Å²) in [6.07, 6.45) is 2.98. The number of rotatable bonds is 3. The molecule has 94 valence electrons. The first kappa shape index (κ1) is 13.7. The Morgan fingerprint density at radius 1 is 1.28 bits per heavy atom. The van der Waals surface area contributed by atoms with Crippen LogP contribution in [-0.4, -0.2) is 14.2 Å². The smallest absolute Gasteiger partial charge is 0.153 e. The second kappa shape index (κ2) is 5.97. The Hall–Kier alpha value is -0.690. The van der Waals surface area contributed by atoms with E-state index in [-0.39, 0.29) is 5.15 Å². The molecule has 1 unspecified atom stereocenters. The Balaban J connectivity index is 2.24. The second-order valence-corrected chi connectivity index (χ2v) is 5.97. The average molecular weight is 367 g/mol. The van der Waals surface area contributed by atoms with Crippen molar-refractivity contribution in [3.8, 4) is 0 Å². The summed E-state index contributed by atoms with van der Waals surface area (Å²) in [4.78, 5) is 8.14. The molecule has 0 bridgehead atoms. The van der Waals surface area contributed by atoms with E-state index in [4.69, 9.17) is 23.2 Å². The van der Waals surface area contributed by atoms with Crippen LogP contribution in [0.5, 0.6) is 0 Å². The lowest BCUT2D eigenvalue weighted by molar-refractivity contribution is 0.686. The van der Waals surface area contributed by atoms with Crippen LogP contribution in [0, 0.1) is 0 Å². The third kappa shape index (κ3) is 3.41. The van der Waals surface area contributed by atoms with E-state index in [2.05, 4.69) is 30.6 Å². The molecular formula is C10H6BrCl2N3OS. The number of anilines is 1. The van der Waals surface area contributed by atoms with Crippen molar-refractivity contribution in [2.75, 3.05) is 4.72 Å². The molecule has 8 heteroatoms. The van der Waals surface area contributed by atoms with Crippen LogP contribution >= 0.6 is 39.1 Å². The highest BCUT2D eigenvalue weighted by Gasteiger charge is 2.11. The van der Waals surface area contributed by atoms with Gasteiger partial charge in [-0.1, -0.05) is 23.2 Å². The van der Waals surface area contributed by atoms with Gasteiger partial charge in [-0.05, 0) is 34.1 Å². The van der Waals surface area contributed by atoms with E-state index in [1.807, 2.05) is 0 Å². The molecule has 0 aliphatic rings. The monoisotopic (exact) mass is 365 g/mol. The molecule has 1 atom stereocenters. The van der Waals surface area contributed by atoms with Gasteiger partial charge in [0.15, 0.2) is 11.0 Å². The van der Waals surface area contributed by atoms with Crippen molar-refractivity contribution in [1.29, 1.82) is 0 Å². The Morgan fingerprint density at radius 2 is 2.06 bits per heavy atom. The summed E-state index contributed by atoms with van der Waals surface area (Å²) in [6, 6.07) is 4.90. The topological polar surface area (TPSA) is 54.9 Å². The molecule has 2 aromatic rings. The first-order chi connectivity index (χ1) is 8.56. The average Bonchev–Trinajstić information content (AvgIpc) is 2.32. The largest absolute Gasteiger partial charge is 0.301 e. The molecule has 2 rings (SSSR count). The van der Waals surface area contributed by atoms with Gasteiger partial charge in [-0.15, -0.1) is 0 Å². The summed E-state index contributed by atoms with van der Waals surface area (Å²) in [7, 11) is -1.54. The zero-order valence-corrected chi connectivity index (χ0v) is 12.6. The normalized spacial score (nSPS) is 12.2. The van der Waals surface area contributed by atoms with Crippen LogP contribution in [-0.2, 0) is 11.0 Å². The number of aromatic nitrogens is 2. The molecule has 0 aromatic carbocycles. The number of nitrogens with zero attached hydrogens (tertiary/aromatic N) is 2. The Kier molecular flexibility index (Phi) is 4.55. The molecule has 1 N–H and O–H groups in total. The lowest BCUT2D eigenvalue weighted by Gasteiger charge is -2.07. The highest BCUT2D eigenvalue weighted by atomic mass is 79.9. The van der Waals surface area contributed by atoms with Crippen molar-refractivity contribution in [2.45, 2.75) is 4.90 Å². The fourth-order valence-corrected chi connectivity index (χ4v) is 2.95. The van der Waals surface area contributed by atoms with Crippen LogP contribution in [0.2, 0.25) is 10.2 Å². The molecule has 0 fully saturated rings. The second-order valence-electron chi connectivity index (χ2n) is 3.18. The lowest BCUT2D eigenvalue weighted by Crippen LogP contribution is -2.06. The van der Waals surface area contributed by atoms with E-state index in [9.17, 15) is 4.21 Å². The molecule has 0 aliphatic carbocycles. The van der Waals surface area contributed by atoms with Crippen molar-refractivity contribution >= 4 is 55.8 Å². The molecule has 0 radical (unpaired) electrons. The van der Waals surface area contributed by atoms with E-state index in [1.165, 1.54) is 12.3 Å². The third-order valence-electron chi connectivity index (χ3n) is 1.91. The quantitative estimate of drug-likeness (QED) is 0.843. The molecule has 2 aromatic heterocycles. The minimum Gasteiger partial charge on any atom is -0.301 e. The summed E-state index contributed by atoms with van der Waals surface area (Å²) in [6.45, 7) is 0. The Labute approximate surface area is 124 Å². The molecule has 18 heavy (non-hydrogen) atoms. The lowest BCUT2D eigenvalue weighted by atomic mass is 10.4. The fraction of sp³-hybridized carbons (Fsp3) is 0. The minimum absolute atomic E-state index is 0.151. The third-order valence-corrected chi connectivity index (χ3v) is 4.10. The molecule has 0 saturated heterocycles. The first-order valence-corrected chi connectivity index (χ1v) is 7.37. The van der Waals surface area contributed by atoms with Crippen molar-refractivity contribution in [2.24, 2.45) is 0 Å². The first-order valence-electron chi connectivity index (χ1n) is 4.67. The van der Waals surface area contributed by atoms with Crippen LogP contribution in [0.4, 0.5) is 5.69 Å². The summed E-state index contributed by atoms with van der Waals surface area (Å²) in [5, 5.41) is 0.527. The van der Waals surface area contributed by atoms with Gasteiger partial charge < -0.3 is 4.72 Å². The SMILES string of the molecule is O=S(Nc1ccnc(Br)c1)c1cc(Cl)cnc1Cl. The molecule has 0 aliphatic heterocycles. The van der Waals surface area contributed by atoms with Crippen molar-refractivity contribution in [3.05, 3.63) is 45.4 Å². The maximum Gasteiger partial charge on any atom is 0.153 e. The van der Waals surface area contributed by atoms with Crippen molar-refractivity contribution in [1.82, 2.24) is 9.97 Å². The van der Waals surface area contributed by atoms with E-state index in [0.717, 1.165) is 0 Å². The summed E-state index contributed by atoms with van der Waals surface area (Å²) in [5.74, 6) is 0. The summed E-state index contributed by atoms with van der Waals surface area (Å²) < 4.78 is 15.5. The number of hydrogen-bond donors (Lipinski definition) is 1. The minimum atomic E-state index is -1.54. The van der Waals surface area contributed by atoms with Crippen LogP contribution in [0.15, 0.2) is 40.1 Å². The van der Waals surface area contributed by atoms with E-state index >= 15 is 0 Å². The Morgan fingerprint density at radius 3 is 2.78 bits per heavy atom. The van der Waals surface area contributed by atoms with Crippen molar-refractivity contribution < 1.29 is 4.21 Å². The van der Waals surface area contributed by atoms with Crippen LogP contribution in [0.3, 0.4) is 0 Å². The number of pyridine rings is 2. The molecule has 2 heterocycles. The number of hydrogen-bond acceptors (Lipinski definition) is 3.